The Balaban J connectivity index is 2.10. The van der Waals surface area contributed by atoms with E-state index in [1.54, 1.807) is 0 Å². The van der Waals surface area contributed by atoms with Crippen molar-refractivity contribution in [1.29, 1.82) is 0 Å². The molecule has 1 aliphatic rings. The minimum Gasteiger partial charge on any atom is -0.469 e. The zero-order valence-electron chi connectivity index (χ0n) is 10.1. The minimum atomic E-state index is -1.53. The van der Waals surface area contributed by atoms with E-state index in [0.29, 0.717) is 0 Å². The molecule has 20 heavy (non-hydrogen) atoms. The predicted octanol–water partition coefficient (Wildman–Crippen LogP) is -1.67. The van der Waals surface area contributed by atoms with Crippen LogP contribution in [0.3, 0.4) is 0 Å². The second kappa shape index (κ2) is 6.29. The number of nitrogens with zero attached hydrogens (tertiary/aromatic N) is 3. The van der Waals surface area contributed by atoms with Gasteiger partial charge in [0.2, 0.25) is 5.90 Å². The quantitative estimate of drug-likeness (QED) is 0.417. The Morgan fingerprint density at radius 2 is 2.00 bits per heavy atom. The topological polar surface area (TPSA) is 140 Å². The van der Waals surface area contributed by atoms with Gasteiger partial charge in [0.05, 0.1) is 6.61 Å². The van der Waals surface area contributed by atoms with Crippen molar-refractivity contribution in [2.45, 2.75) is 24.4 Å². The molecule has 4 atom stereocenters. The number of rotatable bonds is 3. The van der Waals surface area contributed by atoms with Crippen LogP contribution in [0.1, 0.15) is 0 Å². The van der Waals surface area contributed by atoms with Gasteiger partial charge in [-0.05, 0) is 12.1 Å². The van der Waals surface area contributed by atoms with Crippen LogP contribution in [-0.2, 0) is 4.74 Å². The first kappa shape index (κ1) is 14.9. The number of nitrogens with one attached hydrogen (secondary N) is 1. The number of aliphatic hydroxyl groups is 4. The van der Waals surface area contributed by atoms with E-state index >= 15 is 0 Å². The Bertz CT molecular complexity index is 483. The molecule has 2 heterocycles. The second-order valence-corrected chi connectivity index (χ2v) is 4.46. The van der Waals surface area contributed by atoms with Crippen LogP contribution in [0.5, 0.6) is 0 Å². The molecule has 110 valence electrons. The normalized spacial score (nSPS) is 31.9. The summed E-state index contributed by atoms with van der Waals surface area (Å²) >= 11 is 5.57. The van der Waals surface area contributed by atoms with Gasteiger partial charge in [-0.2, -0.15) is 0 Å². The highest BCUT2D eigenvalue weighted by atomic mass is 35.5. The first-order chi connectivity index (χ1) is 9.52. The third kappa shape index (κ3) is 3.14. The fraction of sp³-hybridized carbons (Fsp3) is 0.500. The molecule has 0 spiro atoms. The molecule has 1 saturated heterocycles. The van der Waals surface area contributed by atoms with E-state index < -0.39 is 31.0 Å². The van der Waals surface area contributed by atoms with Gasteiger partial charge in [-0.1, -0.05) is 11.6 Å². The van der Waals surface area contributed by atoms with Gasteiger partial charge in [-0.3, -0.25) is 5.43 Å². The average molecular weight is 305 g/mol. The monoisotopic (exact) mass is 304 g/mol. The summed E-state index contributed by atoms with van der Waals surface area (Å²) in [5, 5.41) is 49.0. The molecule has 0 aromatic carbocycles. The van der Waals surface area contributed by atoms with Gasteiger partial charge in [0.1, 0.15) is 12.2 Å². The van der Waals surface area contributed by atoms with E-state index in [1.165, 1.54) is 12.1 Å². The number of aromatic nitrogens is 2. The van der Waals surface area contributed by atoms with Gasteiger partial charge < -0.3 is 25.2 Å². The van der Waals surface area contributed by atoms with Crippen molar-refractivity contribution in [1.82, 2.24) is 10.2 Å². The van der Waals surface area contributed by atoms with Crippen molar-refractivity contribution in [3.8, 4) is 0 Å². The summed E-state index contributed by atoms with van der Waals surface area (Å²) in [6.07, 6.45) is -5.53. The molecule has 0 unspecified atom stereocenters. The zero-order chi connectivity index (χ0) is 14.7. The molecule has 1 aromatic heterocycles. The maximum atomic E-state index is 9.70. The van der Waals surface area contributed by atoms with Gasteiger partial charge in [0, 0.05) is 0 Å². The molecule has 0 radical (unpaired) electrons. The SMILES string of the molecule is OC[C@H]1O/C(=N\Nc2ccc(Cl)nn2)[C@H](O)[C@@H](O)[C@@H]1O. The highest BCUT2D eigenvalue weighted by Gasteiger charge is 2.42. The Labute approximate surface area is 118 Å². The van der Waals surface area contributed by atoms with Crippen LogP contribution in [0.4, 0.5) is 5.82 Å². The van der Waals surface area contributed by atoms with Gasteiger partial charge in [-0.25, -0.2) is 0 Å². The van der Waals surface area contributed by atoms with E-state index in [0.717, 1.165) is 0 Å². The fourth-order valence-corrected chi connectivity index (χ4v) is 1.67. The lowest BCUT2D eigenvalue weighted by atomic mass is 10.00. The van der Waals surface area contributed by atoms with E-state index in [-0.39, 0.29) is 16.9 Å². The molecule has 0 bridgehead atoms. The maximum absolute atomic E-state index is 9.70. The molecule has 0 saturated carbocycles. The highest BCUT2D eigenvalue weighted by Crippen LogP contribution is 2.18. The summed E-state index contributed by atoms with van der Waals surface area (Å²) in [5.74, 6) is -0.0440. The maximum Gasteiger partial charge on any atom is 0.238 e. The molecule has 5 N–H and O–H groups in total. The number of hydrazone groups is 1. The number of halogens is 1. The van der Waals surface area contributed by atoms with Crippen LogP contribution in [0.25, 0.3) is 0 Å². The second-order valence-electron chi connectivity index (χ2n) is 4.07. The lowest BCUT2D eigenvalue weighted by molar-refractivity contribution is -0.128. The summed E-state index contributed by atoms with van der Waals surface area (Å²) in [6.45, 7) is -0.537. The molecule has 0 amide bonds. The van der Waals surface area contributed by atoms with Crippen LogP contribution in [0, 0.1) is 0 Å². The summed E-state index contributed by atoms with van der Waals surface area (Å²) in [6, 6.07) is 2.97. The van der Waals surface area contributed by atoms with Gasteiger partial charge in [-0.15, -0.1) is 15.3 Å². The third-order valence-electron chi connectivity index (χ3n) is 2.67. The largest absolute Gasteiger partial charge is 0.469 e. The highest BCUT2D eigenvalue weighted by molar-refractivity contribution is 6.29. The Morgan fingerprint density at radius 3 is 2.60 bits per heavy atom. The van der Waals surface area contributed by atoms with Crippen LogP contribution >= 0.6 is 11.6 Å². The minimum absolute atomic E-state index is 0.205. The van der Waals surface area contributed by atoms with Crippen LogP contribution in [-0.4, -0.2) is 67.5 Å². The van der Waals surface area contributed by atoms with Crippen LogP contribution < -0.4 is 5.43 Å². The smallest absolute Gasteiger partial charge is 0.238 e. The number of hydrogen-bond donors (Lipinski definition) is 5. The molecule has 1 aliphatic heterocycles. The molecule has 9 nitrogen and oxygen atoms in total. The molecular weight excluding hydrogens is 292 g/mol. The van der Waals surface area contributed by atoms with Crippen molar-refractivity contribution in [3.63, 3.8) is 0 Å². The summed E-state index contributed by atoms with van der Waals surface area (Å²) in [7, 11) is 0. The molecular formula is C10H13ClN4O5. The number of ether oxygens (including phenoxy) is 1. The standard InChI is InChI=1S/C10H13ClN4O5/c11-5-1-2-6(13-12-5)14-15-10-9(19)8(18)7(17)4(3-16)20-10/h1-2,4,7-9,16-19H,3H2,(H,13,14)/b15-10-/t4-,7-,8+,9-/m1/s1. The zero-order valence-corrected chi connectivity index (χ0v) is 10.8. The predicted molar refractivity (Wildman–Crippen MR) is 68.1 cm³/mol. The van der Waals surface area contributed by atoms with E-state index in [2.05, 4.69) is 20.7 Å². The molecule has 0 aliphatic carbocycles. The van der Waals surface area contributed by atoms with Crippen LogP contribution in [0.2, 0.25) is 5.15 Å². The lowest BCUT2D eigenvalue weighted by Gasteiger charge is -2.35. The first-order valence-corrected chi connectivity index (χ1v) is 6.05. The molecule has 2 rings (SSSR count). The van der Waals surface area contributed by atoms with Gasteiger partial charge in [0.25, 0.3) is 0 Å². The van der Waals surface area contributed by atoms with Crippen molar-refractivity contribution in [2.24, 2.45) is 5.10 Å². The number of aliphatic hydroxyl groups excluding tert-OH is 4. The van der Waals surface area contributed by atoms with E-state index in [1.807, 2.05) is 0 Å². The summed E-state index contributed by atoms with van der Waals surface area (Å²) in [4.78, 5) is 0. The number of hydrogen-bond acceptors (Lipinski definition) is 9. The number of anilines is 1. The summed E-state index contributed by atoms with van der Waals surface area (Å²) in [5.41, 5.74) is 2.45. The van der Waals surface area contributed by atoms with Crippen molar-refractivity contribution >= 4 is 23.3 Å². The lowest BCUT2D eigenvalue weighted by Crippen LogP contribution is -2.56. The average Bonchev–Trinajstić information content (AvgIpc) is 2.46. The molecule has 1 fully saturated rings. The van der Waals surface area contributed by atoms with E-state index in [9.17, 15) is 15.3 Å². The van der Waals surface area contributed by atoms with Gasteiger partial charge in [0.15, 0.2) is 23.2 Å². The van der Waals surface area contributed by atoms with Crippen molar-refractivity contribution < 1.29 is 25.2 Å². The van der Waals surface area contributed by atoms with Crippen molar-refractivity contribution in [2.75, 3.05) is 12.0 Å². The van der Waals surface area contributed by atoms with E-state index in [4.69, 9.17) is 21.4 Å². The van der Waals surface area contributed by atoms with Crippen molar-refractivity contribution in [3.05, 3.63) is 17.3 Å². The van der Waals surface area contributed by atoms with Gasteiger partial charge >= 0.3 is 0 Å². The molecule has 1 aromatic rings. The fourth-order valence-electron chi connectivity index (χ4n) is 1.57. The summed E-state index contributed by atoms with van der Waals surface area (Å²) < 4.78 is 5.08. The Morgan fingerprint density at radius 1 is 1.25 bits per heavy atom. The third-order valence-corrected chi connectivity index (χ3v) is 2.87. The Kier molecular flexibility index (Phi) is 4.68. The molecule has 10 heteroatoms. The van der Waals surface area contributed by atoms with Crippen LogP contribution in [0.15, 0.2) is 17.2 Å². The Hall–Kier alpha value is -1.52. The first-order valence-electron chi connectivity index (χ1n) is 5.67.